The number of nitrogens with one attached hydrogen (secondary N) is 1. The molecular formula is C8H10BrF2NS. The molecular weight excluding hydrogens is 260 g/mol. The molecule has 0 aromatic carbocycles. The van der Waals surface area contributed by atoms with Gasteiger partial charge in [0.25, 0.3) is 6.43 Å². The lowest BCUT2D eigenvalue weighted by Crippen LogP contribution is -2.34. The Morgan fingerprint density at radius 2 is 2.23 bits per heavy atom. The van der Waals surface area contributed by atoms with Crippen molar-refractivity contribution in [1.82, 2.24) is 5.32 Å². The van der Waals surface area contributed by atoms with Crippen LogP contribution in [0.2, 0.25) is 0 Å². The van der Waals surface area contributed by atoms with Gasteiger partial charge in [0.1, 0.15) is 0 Å². The Morgan fingerprint density at radius 1 is 1.54 bits per heavy atom. The molecule has 1 heterocycles. The first kappa shape index (κ1) is 11.1. The van der Waals surface area contributed by atoms with Crippen molar-refractivity contribution in [2.45, 2.75) is 18.9 Å². The van der Waals surface area contributed by atoms with Gasteiger partial charge in [-0.15, -0.1) is 11.3 Å². The van der Waals surface area contributed by atoms with Crippen molar-refractivity contribution in [3.05, 3.63) is 20.8 Å². The molecule has 1 aromatic rings. The molecule has 0 saturated heterocycles. The van der Waals surface area contributed by atoms with E-state index in [2.05, 4.69) is 21.2 Å². The van der Waals surface area contributed by atoms with E-state index in [1.165, 1.54) is 11.3 Å². The fourth-order valence-electron chi connectivity index (χ4n) is 0.995. The summed E-state index contributed by atoms with van der Waals surface area (Å²) in [6, 6.07) is 2.99. The highest BCUT2D eigenvalue weighted by Gasteiger charge is 2.18. The van der Waals surface area contributed by atoms with Crippen LogP contribution in [0.15, 0.2) is 15.9 Å². The van der Waals surface area contributed by atoms with Crippen molar-refractivity contribution in [3.8, 4) is 0 Å². The zero-order valence-corrected chi connectivity index (χ0v) is 9.46. The molecule has 1 rings (SSSR count). The average Bonchev–Trinajstić information content (AvgIpc) is 2.46. The molecule has 1 aromatic heterocycles. The van der Waals surface area contributed by atoms with E-state index in [0.717, 1.165) is 8.66 Å². The van der Waals surface area contributed by atoms with Crippen LogP contribution in [-0.2, 0) is 6.42 Å². The van der Waals surface area contributed by atoms with Gasteiger partial charge < -0.3 is 5.32 Å². The van der Waals surface area contributed by atoms with E-state index >= 15 is 0 Å². The smallest absolute Gasteiger partial charge is 0.254 e. The van der Waals surface area contributed by atoms with Crippen molar-refractivity contribution in [2.24, 2.45) is 0 Å². The monoisotopic (exact) mass is 269 g/mol. The summed E-state index contributed by atoms with van der Waals surface area (Å²) < 4.78 is 25.6. The van der Waals surface area contributed by atoms with E-state index in [1.54, 1.807) is 7.05 Å². The molecule has 0 aliphatic carbocycles. The SMILES string of the molecule is CNC(Cc1ccc(Br)s1)C(F)F. The molecule has 0 fully saturated rings. The third kappa shape index (κ3) is 3.32. The lowest BCUT2D eigenvalue weighted by atomic mass is 10.2. The molecule has 0 aliphatic rings. The number of hydrogen-bond acceptors (Lipinski definition) is 2. The van der Waals surface area contributed by atoms with Crippen LogP contribution < -0.4 is 5.32 Å². The summed E-state index contributed by atoms with van der Waals surface area (Å²) in [4.78, 5) is 0.964. The van der Waals surface area contributed by atoms with E-state index < -0.39 is 12.5 Å². The Kier molecular flexibility index (Phi) is 4.28. The van der Waals surface area contributed by atoms with Crippen LogP contribution in [-0.4, -0.2) is 19.5 Å². The summed E-state index contributed by atoms with van der Waals surface area (Å²) in [5.74, 6) is 0. The molecule has 1 N–H and O–H groups in total. The summed E-state index contributed by atoms with van der Waals surface area (Å²) in [5, 5.41) is 2.60. The molecule has 0 bridgehead atoms. The van der Waals surface area contributed by atoms with Gasteiger partial charge in [0.15, 0.2) is 0 Å². The number of alkyl halides is 2. The predicted octanol–water partition coefficient (Wildman–Crippen LogP) is 2.91. The van der Waals surface area contributed by atoms with Crippen LogP contribution >= 0.6 is 27.3 Å². The van der Waals surface area contributed by atoms with Gasteiger partial charge in [-0.2, -0.15) is 0 Å². The van der Waals surface area contributed by atoms with E-state index in [1.807, 2.05) is 12.1 Å². The van der Waals surface area contributed by atoms with Gasteiger partial charge in [0.2, 0.25) is 0 Å². The van der Waals surface area contributed by atoms with Crippen molar-refractivity contribution in [2.75, 3.05) is 7.05 Å². The van der Waals surface area contributed by atoms with Crippen LogP contribution in [0, 0.1) is 0 Å². The topological polar surface area (TPSA) is 12.0 Å². The number of halogens is 3. The molecule has 1 atom stereocenters. The molecule has 0 radical (unpaired) electrons. The Morgan fingerprint density at radius 3 is 2.62 bits per heavy atom. The minimum Gasteiger partial charge on any atom is -0.312 e. The minimum absolute atomic E-state index is 0.379. The van der Waals surface area contributed by atoms with Crippen LogP contribution in [0.5, 0.6) is 0 Å². The molecule has 0 saturated carbocycles. The maximum absolute atomic E-state index is 12.3. The van der Waals surface area contributed by atoms with Crippen molar-refractivity contribution in [3.63, 3.8) is 0 Å². The van der Waals surface area contributed by atoms with Gasteiger partial charge in [-0.25, -0.2) is 8.78 Å². The minimum atomic E-state index is -2.31. The molecule has 1 nitrogen and oxygen atoms in total. The maximum atomic E-state index is 12.3. The predicted molar refractivity (Wildman–Crippen MR) is 54.6 cm³/mol. The zero-order valence-electron chi connectivity index (χ0n) is 7.06. The van der Waals surface area contributed by atoms with Crippen LogP contribution in [0.3, 0.4) is 0 Å². The quantitative estimate of drug-likeness (QED) is 0.887. The van der Waals surface area contributed by atoms with E-state index in [4.69, 9.17) is 0 Å². The zero-order chi connectivity index (χ0) is 9.84. The molecule has 0 spiro atoms. The van der Waals surface area contributed by atoms with Gasteiger partial charge in [-0.3, -0.25) is 0 Å². The second-order valence-corrected chi connectivity index (χ2v) is 5.19. The molecule has 0 aliphatic heterocycles. The maximum Gasteiger partial charge on any atom is 0.254 e. The highest BCUT2D eigenvalue weighted by molar-refractivity contribution is 9.11. The third-order valence-corrected chi connectivity index (χ3v) is 3.37. The fourth-order valence-corrected chi connectivity index (χ4v) is 2.54. The fraction of sp³-hybridized carbons (Fsp3) is 0.500. The summed E-state index contributed by atoms with van der Waals surface area (Å²) in [7, 11) is 1.56. The van der Waals surface area contributed by atoms with Crippen LogP contribution in [0.25, 0.3) is 0 Å². The highest BCUT2D eigenvalue weighted by atomic mass is 79.9. The Hall–Kier alpha value is -0.0000000000000000833. The van der Waals surface area contributed by atoms with Gasteiger partial charge in [-0.1, -0.05) is 0 Å². The lowest BCUT2D eigenvalue weighted by molar-refractivity contribution is 0.102. The second-order valence-electron chi connectivity index (χ2n) is 2.64. The standard InChI is InChI=1S/C8H10BrF2NS/c1-12-6(8(10)11)4-5-2-3-7(9)13-5/h2-3,6,8,12H,4H2,1H3. The van der Waals surface area contributed by atoms with Crippen molar-refractivity contribution in [1.29, 1.82) is 0 Å². The average molecular weight is 270 g/mol. The number of rotatable bonds is 4. The Bertz CT molecular complexity index is 264. The molecule has 74 valence electrons. The summed E-state index contributed by atoms with van der Waals surface area (Å²) in [6.07, 6.45) is -1.93. The van der Waals surface area contributed by atoms with Crippen LogP contribution in [0.4, 0.5) is 8.78 Å². The molecule has 1 unspecified atom stereocenters. The van der Waals surface area contributed by atoms with E-state index in [-0.39, 0.29) is 0 Å². The number of likely N-dealkylation sites (N-methyl/N-ethyl adjacent to an activating group) is 1. The first-order valence-electron chi connectivity index (χ1n) is 3.83. The molecule has 0 amide bonds. The van der Waals surface area contributed by atoms with Crippen molar-refractivity contribution >= 4 is 27.3 Å². The highest BCUT2D eigenvalue weighted by Crippen LogP contribution is 2.23. The first-order chi connectivity index (χ1) is 6.13. The van der Waals surface area contributed by atoms with Gasteiger partial charge in [0.05, 0.1) is 9.83 Å². The van der Waals surface area contributed by atoms with Gasteiger partial charge >= 0.3 is 0 Å². The normalized spacial score (nSPS) is 13.6. The van der Waals surface area contributed by atoms with Gasteiger partial charge in [0, 0.05) is 11.3 Å². The van der Waals surface area contributed by atoms with Crippen LogP contribution in [0.1, 0.15) is 4.88 Å². The summed E-state index contributed by atoms with van der Waals surface area (Å²) in [6.45, 7) is 0. The number of thiophene rings is 1. The summed E-state index contributed by atoms with van der Waals surface area (Å²) >= 11 is 4.78. The Balaban J connectivity index is 2.56. The van der Waals surface area contributed by atoms with Gasteiger partial charge in [-0.05, 0) is 35.1 Å². The third-order valence-electron chi connectivity index (χ3n) is 1.72. The Labute approximate surface area is 88.3 Å². The van der Waals surface area contributed by atoms with E-state index in [0.29, 0.717) is 6.42 Å². The second kappa shape index (κ2) is 5.02. The lowest BCUT2D eigenvalue weighted by Gasteiger charge is -2.13. The largest absolute Gasteiger partial charge is 0.312 e. The van der Waals surface area contributed by atoms with E-state index in [9.17, 15) is 8.78 Å². The number of hydrogen-bond donors (Lipinski definition) is 1. The molecule has 13 heavy (non-hydrogen) atoms. The van der Waals surface area contributed by atoms with Crippen molar-refractivity contribution < 1.29 is 8.78 Å². The summed E-state index contributed by atoms with van der Waals surface area (Å²) in [5.41, 5.74) is 0. The first-order valence-corrected chi connectivity index (χ1v) is 5.44. The molecule has 5 heteroatoms.